The molecule has 0 fully saturated rings. The second-order valence-electron chi connectivity index (χ2n) is 4.84. The van der Waals surface area contributed by atoms with E-state index in [1.807, 2.05) is 5.48 Å². The smallest absolute Gasteiger partial charge is 0.268 e. The van der Waals surface area contributed by atoms with Crippen molar-refractivity contribution in [1.82, 2.24) is 5.48 Å². The van der Waals surface area contributed by atoms with Crippen LogP contribution in [0.3, 0.4) is 0 Å². The van der Waals surface area contributed by atoms with E-state index in [4.69, 9.17) is 0 Å². The topological polar surface area (TPSA) is 72.5 Å². The summed E-state index contributed by atoms with van der Waals surface area (Å²) in [5.41, 5.74) is 1.81. The van der Waals surface area contributed by atoms with Gasteiger partial charge >= 0.3 is 0 Å². The summed E-state index contributed by atoms with van der Waals surface area (Å²) in [6, 6.07) is 0. The maximum atomic E-state index is 11.4. The van der Waals surface area contributed by atoms with Crippen molar-refractivity contribution < 1.29 is 17.5 Å². The molecule has 0 heterocycles. The molecule has 5 nitrogen and oxygen atoms in total. The molecule has 0 aromatic carbocycles. The van der Waals surface area contributed by atoms with Gasteiger partial charge in [-0.3, -0.25) is 4.79 Å². The number of rotatable bonds is 13. The van der Waals surface area contributed by atoms with Gasteiger partial charge in [0.1, 0.15) is 0 Å². The highest BCUT2D eigenvalue weighted by molar-refractivity contribution is 7.86. The molecule has 0 saturated carbocycles. The molecular formula is C14H27NO4S. The summed E-state index contributed by atoms with van der Waals surface area (Å²) in [5, 5.41) is 0. The predicted molar refractivity (Wildman–Crippen MR) is 80.4 cm³/mol. The molecule has 0 aliphatic rings. The molecular weight excluding hydrogens is 278 g/mol. The van der Waals surface area contributed by atoms with E-state index in [9.17, 15) is 13.2 Å². The number of hydroxylamine groups is 1. The van der Waals surface area contributed by atoms with E-state index >= 15 is 0 Å². The van der Waals surface area contributed by atoms with Gasteiger partial charge in [-0.25, -0.2) is 5.48 Å². The van der Waals surface area contributed by atoms with Crippen molar-refractivity contribution in [3.63, 3.8) is 0 Å². The highest BCUT2D eigenvalue weighted by Gasteiger charge is 2.12. The van der Waals surface area contributed by atoms with Crippen molar-refractivity contribution in [3.05, 3.63) is 12.7 Å². The van der Waals surface area contributed by atoms with Crippen LogP contribution in [0.25, 0.3) is 0 Å². The average molecular weight is 305 g/mol. The second kappa shape index (κ2) is 11.9. The van der Waals surface area contributed by atoms with Gasteiger partial charge in [-0.2, -0.15) is 8.42 Å². The first-order valence-corrected chi connectivity index (χ1v) is 8.93. The zero-order valence-corrected chi connectivity index (χ0v) is 13.2. The molecule has 0 rings (SSSR count). The molecule has 118 valence electrons. The summed E-state index contributed by atoms with van der Waals surface area (Å²) < 4.78 is 27.1. The Balaban J connectivity index is 3.49. The van der Waals surface area contributed by atoms with Gasteiger partial charge in [0.2, 0.25) is 0 Å². The molecule has 0 atom stereocenters. The molecule has 1 amide bonds. The summed E-state index contributed by atoms with van der Waals surface area (Å²) in [6.07, 6.45) is 10.9. The van der Waals surface area contributed by atoms with Gasteiger partial charge in [-0.1, -0.05) is 64.9 Å². The number of amides is 1. The van der Waals surface area contributed by atoms with Crippen molar-refractivity contribution in [2.24, 2.45) is 0 Å². The zero-order chi connectivity index (χ0) is 15.3. The lowest BCUT2D eigenvalue weighted by atomic mass is 10.1. The number of hydrogen-bond donors (Lipinski definition) is 1. The van der Waals surface area contributed by atoms with Crippen LogP contribution >= 0.6 is 0 Å². The van der Waals surface area contributed by atoms with Gasteiger partial charge < -0.3 is 0 Å². The molecule has 0 aromatic heterocycles. The van der Waals surface area contributed by atoms with Crippen molar-refractivity contribution in [3.8, 4) is 0 Å². The van der Waals surface area contributed by atoms with Gasteiger partial charge in [0.15, 0.2) is 0 Å². The Labute approximate surface area is 122 Å². The Bertz CT molecular complexity index is 365. The first kappa shape index (κ1) is 19.1. The maximum absolute atomic E-state index is 11.4. The molecule has 1 N–H and O–H groups in total. The van der Waals surface area contributed by atoms with E-state index in [0.717, 1.165) is 25.3 Å². The van der Waals surface area contributed by atoms with Gasteiger partial charge in [0, 0.05) is 0 Å². The lowest BCUT2D eigenvalue weighted by Crippen LogP contribution is -2.26. The lowest BCUT2D eigenvalue weighted by Gasteiger charge is -2.05. The van der Waals surface area contributed by atoms with Crippen LogP contribution in [0.15, 0.2) is 12.7 Å². The standard InChI is InChI=1S/C14H27NO4S/c1-3-5-6-7-8-9-10-11-12-13-20(17,18)19-15-14(16)4-2/h4H,2-3,5-13H2,1H3,(H,15,16). The largest absolute Gasteiger partial charge is 0.287 e. The quantitative estimate of drug-likeness (QED) is 0.322. The van der Waals surface area contributed by atoms with E-state index in [1.165, 1.54) is 32.1 Å². The van der Waals surface area contributed by atoms with Gasteiger partial charge in [-0.05, 0) is 12.5 Å². The highest BCUT2D eigenvalue weighted by Crippen LogP contribution is 2.10. The molecule has 0 unspecified atom stereocenters. The summed E-state index contributed by atoms with van der Waals surface area (Å²) in [6.45, 7) is 5.39. The van der Waals surface area contributed by atoms with Gasteiger partial charge in [0.05, 0.1) is 5.75 Å². The van der Waals surface area contributed by atoms with Crippen LogP contribution < -0.4 is 5.48 Å². The summed E-state index contributed by atoms with van der Waals surface area (Å²) in [5.74, 6) is -0.735. The first-order chi connectivity index (χ1) is 9.52. The number of nitrogens with one attached hydrogen (secondary N) is 1. The Morgan fingerprint density at radius 3 is 2.05 bits per heavy atom. The molecule has 0 radical (unpaired) electrons. The van der Waals surface area contributed by atoms with Crippen LogP contribution in [0.4, 0.5) is 0 Å². The molecule has 20 heavy (non-hydrogen) atoms. The van der Waals surface area contributed by atoms with Gasteiger partial charge in [-0.15, -0.1) is 4.28 Å². The van der Waals surface area contributed by atoms with Crippen LogP contribution in [0.2, 0.25) is 0 Å². The lowest BCUT2D eigenvalue weighted by molar-refractivity contribution is -0.122. The van der Waals surface area contributed by atoms with Crippen LogP contribution in [0.1, 0.15) is 64.7 Å². The predicted octanol–water partition coefficient (Wildman–Crippen LogP) is 3.08. The minimum Gasteiger partial charge on any atom is -0.268 e. The molecule has 0 aromatic rings. The van der Waals surface area contributed by atoms with Crippen LogP contribution in [0, 0.1) is 0 Å². The number of hydrogen-bond acceptors (Lipinski definition) is 4. The van der Waals surface area contributed by atoms with Crippen molar-refractivity contribution in [2.45, 2.75) is 64.7 Å². The molecule has 0 saturated heterocycles. The van der Waals surface area contributed by atoms with Crippen molar-refractivity contribution >= 4 is 16.0 Å². The van der Waals surface area contributed by atoms with E-state index < -0.39 is 16.0 Å². The van der Waals surface area contributed by atoms with Gasteiger partial charge in [0.25, 0.3) is 16.0 Å². The highest BCUT2D eigenvalue weighted by atomic mass is 32.2. The third kappa shape index (κ3) is 12.2. The van der Waals surface area contributed by atoms with E-state index in [2.05, 4.69) is 17.8 Å². The van der Waals surface area contributed by atoms with E-state index in [-0.39, 0.29) is 5.75 Å². The Morgan fingerprint density at radius 2 is 1.55 bits per heavy atom. The fraction of sp³-hybridized carbons (Fsp3) is 0.786. The summed E-state index contributed by atoms with van der Waals surface area (Å²) >= 11 is 0. The van der Waals surface area contributed by atoms with Crippen molar-refractivity contribution in [2.75, 3.05) is 5.75 Å². The Morgan fingerprint density at radius 1 is 1.05 bits per heavy atom. The van der Waals surface area contributed by atoms with Crippen LogP contribution in [-0.4, -0.2) is 20.1 Å². The Hall–Kier alpha value is -0.880. The third-order valence-corrected chi connectivity index (χ3v) is 4.08. The number of unbranched alkanes of at least 4 members (excludes halogenated alkanes) is 8. The monoisotopic (exact) mass is 305 g/mol. The average Bonchev–Trinajstić information content (AvgIpc) is 2.43. The van der Waals surface area contributed by atoms with E-state index in [1.54, 1.807) is 0 Å². The minimum absolute atomic E-state index is 0.0692. The number of carbonyl (C=O) groups is 1. The van der Waals surface area contributed by atoms with E-state index in [0.29, 0.717) is 6.42 Å². The summed E-state index contributed by atoms with van der Waals surface area (Å²) in [4.78, 5) is 10.8. The maximum Gasteiger partial charge on any atom is 0.287 e. The third-order valence-electron chi connectivity index (χ3n) is 2.95. The molecule has 0 spiro atoms. The summed E-state index contributed by atoms with van der Waals surface area (Å²) in [7, 11) is -3.67. The molecule has 0 bridgehead atoms. The fourth-order valence-electron chi connectivity index (χ4n) is 1.78. The van der Waals surface area contributed by atoms with Crippen LogP contribution in [0.5, 0.6) is 0 Å². The zero-order valence-electron chi connectivity index (χ0n) is 12.4. The number of carbonyl (C=O) groups excluding carboxylic acids is 1. The fourth-order valence-corrected chi connectivity index (χ4v) is 2.63. The SMILES string of the molecule is C=CC(=O)NOS(=O)(=O)CCCCCCCCCCC. The second-order valence-corrected chi connectivity index (χ2v) is 6.53. The normalized spacial score (nSPS) is 11.2. The molecule has 0 aliphatic carbocycles. The Kier molecular flexibility index (Phi) is 11.4. The van der Waals surface area contributed by atoms with Crippen molar-refractivity contribution in [1.29, 1.82) is 0 Å². The molecule has 0 aliphatic heterocycles. The minimum atomic E-state index is -3.67. The van der Waals surface area contributed by atoms with Crippen LogP contribution in [-0.2, 0) is 19.2 Å². The molecule has 6 heteroatoms. The first-order valence-electron chi connectivity index (χ1n) is 7.35.